The van der Waals surface area contributed by atoms with E-state index in [1.807, 2.05) is 17.8 Å². The summed E-state index contributed by atoms with van der Waals surface area (Å²) in [5, 5.41) is 15.9. The Bertz CT molecular complexity index is 1070. The van der Waals surface area contributed by atoms with Crippen molar-refractivity contribution in [2.75, 3.05) is 17.7 Å². The summed E-state index contributed by atoms with van der Waals surface area (Å²) >= 11 is 1.21. The Labute approximate surface area is 187 Å². The van der Waals surface area contributed by atoms with Crippen LogP contribution in [-0.2, 0) is 23.1 Å². The summed E-state index contributed by atoms with van der Waals surface area (Å²) in [5.74, 6) is 0.183. The van der Waals surface area contributed by atoms with Crippen molar-refractivity contribution in [2.24, 2.45) is 7.05 Å². The van der Waals surface area contributed by atoms with Gasteiger partial charge in [-0.15, -0.1) is 10.2 Å². The molecule has 4 rings (SSSR count). The number of rotatable bonds is 9. The van der Waals surface area contributed by atoms with E-state index in [4.69, 9.17) is 4.74 Å². The minimum Gasteiger partial charge on any atom is -0.433 e. The van der Waals surface area contributed by atoms with Crippen LogP contribution in [0.2, 0.25) is 0 Å². The van der Waals surface area contributed by atoms with Crippen LogP contribution in [0.5, 0.6) is 5.75 Å². The smallest absolute Gasteiger partial charge is 0.387 e. The lowest BCUT2D eigenvalue weighted by molar-refractivity contribution is -0.113. The van der Waals surface area contributed by atoms with Crippen molar-refractivity contribution < 1.29 is 23.0 Å². The molecular weight excluding hydrogens is 442 g/mol. The molecule has 2 aromatic heterocycles. The van der Waals surface area contributed by atoms with Crippen LogP contribution in [0.4, 0.5) is 14.5 Å². The summed E-state index contributed by atoms with van der Waals surface area (Å²) in [6.07, 6.45) is 5.54. The van der Waals surface area contributed by atoms with E-state index in [9.17, 15) is 13.6 Å². The van der Waals surface area contributed by atoms with Crippen LogP contribution in [0.15, 0.2) is 41.8 Å². The zero-order valence-corrected chi connectivity index (χ0v) is 18.1. The van der Waals surface area contributed by atoms with E-state index in [0.29, 0.717) is 17.5 Å². The van der Waals surface area contributed by atoms with Gasteiger partial charge in [-0.2, -0.15) is 13.9 Å². The number of ether oxygens (including phenoxy) is 2. The number of thioether (sulfide) groups is 1. The van der Waals surface area contributed by atoms with E-state index in [0.717, 1.165) is 25.0 Å². The molecule has 0 aliphatic carbocycles. The number of para-hydroxylation sites is 2. The number of carbonyl (C=O) groups is 1. The molecule has 1 saturated heterocycles. The summed E-state index contributed by atoms with van der Waals surface area (Å²) < 4.78 is 39.0. The topological polar surface area (TPSA) is 96.1 Å². The van der Waals surface area contributed by atoms with Crippen molar-refractivity contribution in [3.63, 3.8) is 0 Å². The summed E-state index contributed by atoms with van der Waals surface area (Å²) in [6, 6.07) is 6.04. The van der Waals surface area contributed by atoms with E-state index in [-0.39, 0.29) is 29.2 Å². The first-order valence-corrected chi connectivity index (χ1v) is 11.0. The molecule has 32 heavy (non-hydrogen) atoms. The van der Waals surface area contributed by atoms with Crippen molar-refractivity contribution in [2.45, 2.75) is 37.3 Å². The molecule has 1 fully saturated rings. The van der Waals surface area contributed by atoms with Crippen molar-refractivity contribution in [3.05, 3.63) is 36.7 Å². The summed E-state index contributed by atoms with van der Waals surface area (Å²) in [6.45, 7) is -1.70. The summed E-state index contributed by atoms with van der Waals surface area (Å²) in [7, 11) is 1.82. The third-order valence-corrected chi connectivity index (χ3v) is 5.77. The lowest BCUT2D eigenvalue weighted by Crippen LogP contribution is -2.18. The molecule has 0 bridgehead atoms. The number of halogens is 2. The van der Waals surface area contributed by atoms with Gasteiger partial charge >= 0.3 is 6.61 Å². The van der Waals surface area contributed by atoms with Gasteiger partial charge in [0, 0.05) is 19.9 Å². The Kier molecular flexibility index (Phi) is 7.00. The van der Waals surface area contributed by atoms with Crippen LogP contribution in [0, 0.1) is 0 Å². The Morgan fingerprint density at radius 1 is 1.38 bits per heavy atom. The van der Waals surface area contributed by atoms with Gasteiger partial charge in [-0.25, -0.2) is 0 Å². The van der Waals surface area contributed by atoms with Gasteiger partial charge in [-0.3, -0.25) is 14.0 Å². The van der Waals surface area contributed by atoms with Crippen molar-refractivity contribution in [1.29, 1.82) is 0 Å². The molecule has 0 radical (unpaired) electrons. The van der Waals surface area contributed by atoms with E-state index >= 15 is 0 Å². The first-order chi connectivity index (χ1) is 15.5. The minimum atomic E-state index is -2.98. The van der Waals surface area contributed by atoms with Crippen LogP contribution in [0.3, 0.4) is 0 Å². The second-order valence-electron chi connectivity index (χ2n) is 7.17. The lowest BCUT2D eigenvalue weighted by atomic mass is 10.2. The largest absolute Gasteiger partial charge is 0.433 e. The molecule has 9 nitrogen and oxygen atoms in total. The number of carbonyl (C=O) groups excluding carboxylic acids is 1. The molecule has 0 spiro atoms. The monoisotopic (exact) mass is 464 g/mol. The third kappa shape index (κ3) is 5.43. The maximum Gasteiger partial charge on any atom is 0.387 e. The molecule has 170 valence electrons. The second-order valence-corrected chi connectivity index (χ2v) is 8.11. The van der Waals surface area contributed by atoms with Crippen molar-refractivity contribution in [1.82, 2.24) is 24.5 Å². The number of nitrogens with zero attached hydrogens (tertiary/aromatic N) is 5. The van der Waals surface area contributed by atoms with Gasteiger partial charge in [0.1, 0.15) is 5.75 Å². The van der Waals surface area contributed by atoms with Gasteiger partial charge in [0.15, 0.2) is 11.0 Å². The second kappa shape index (κ2) is 10.1. The highest BCUT2D eigenvalue weighted by Crippen LogP contribution is 2.28. The molecule has 12 heteroatoms. The quantitative estimate of drug-likeness (QED) is 0.486. The van der Waals surface area contributed by atoms with Crippen LogP contribution >= 0.6 is 11.8 Å². The summed E-state index contributed by atoms with van der Waals surface area (Å²) in [5.41, 5.74) is 0.989. The van der Waals surface area contributed by atoms with Crippen LogP contribution in [0.25, 0.3) is 11.4 Å². The van der Waals surface area contributed by atoms with Crippen LogP contribution in [-0.4, -0.2) is 55.5 Å². The number of aryl methyl sites for hydroxylation is 1. The molecular formula is C20H22F2N6O3S. The molecule has 1 atom stereocenters. The van der Waals surface area contributed by atoms with Gasteiger partial charge in [-0.05, 0) is 25.0 Å². The van der Waals surface area contributed by atoms with E-state index < -0.39 is 6.61 Å². The number of alkyl halides is 2. The molecule has 3 heterocycles. The van der Waals surface area contributed by atoms with Gasteiger partial charge in [0.25, 0.3) is 0 Å². The average molecular weight is 464 g/mol. The fourth-order valence-corrected chi connectivity index (χ4v) is 4.14. The Hall–Kier alpha value is -2.99. The molecule has 1 aliphatic rings. The van der Waals surface area contributed by atoms with E-state index in [2.05, 4.69) is 25.3 Å². The highest BCUT2D eigenvalue weighted by molar-refractivity contribution is 7.99. The highest BCUT2D eigenvalue weighted by Gasteiger charge is 2.23. The maximum absolute atomic E-state index is 12.6. The first kappa shape index (κ1) is 22.2. The lowest BCUT2D eigenvalue weighted by Gasteiger charge is -2.14. The molecule has 3 aromatic rings. The number of nitrogens with one attached hydrogen (secondary N) is 1. The number of amides is 1. The van der Waals surface area contributed by atoms with Gasteiger partial charge < -0.3 is 14.8 Å². The Morgan fingerprint density at radius 3 is 2.94 bits per heavy atom. The normalized spacial score (nSPS) is 15.9. The number of benzene rings is 1. The Balaban J connectivity index is 1.47. The standard InChI is InChI=1S/C20H22F2N6O3S/c1-27-10-13(9-23-27)18-25-26-20(28(18)11-14-5-4-8-30-14)32-12-17(29)24-15-6-2-3-7-16(15)31-19(21)22/h2-3,6-7,9-10,14,19H,4-5,8,11-12H2,1H3,(H,24,29)/t14-/m1/s1. The van der Waals surface area contributed by atoms with E-state index in [1.165, 1.54) is 23.9 Å². The predicted molar refractivity (Wildman–Crippen MR) is 114 cm³/mol. The molecule has 1 aromatic carbocycles. The average Bonchev–Trinajstić information content (AvgIpc) is 3.50. The van der Waals surface area contributed by atoms with Gasteiger partial charge in [-0.1, -0.05) is 23.9 Å². The first-order valence-electron chi connectivity index (χ1n) is 10.00. The maximum atomic E-state index is 12.6. The summed E-state index contributed by atoms with van der Waals surface area (Å²) in [4.78, 5) is 12.5. The third-order valence-electron chi connectivity index (χ3n) is 4.80. The molecule has 1 N–H and O–H groups in total. The fourth-order valence-electron chi connectivity index (χ4n) is 3.39. The number of anilines is 1. The minimum absolute atomic E-state index is 0.0136. The molecule has 0 saturated carbocycles. The number of aromatic nitrogens is 5. The van der Waals surface area contributed by atoms with Crippen LogP contribution in [0.1, 0.15) is 12.8 Å². The SMILES string of the molecule is Cn1cc(-c2nnc(SCC(=O)Nc3ccccc3OC(F)F)n2C[C@H]2CCCO2)cn1. The fraction of sp³-hybridized carbons (Fsp3) is 0.400. The van der Waals surface area contributed by atoms with Gasteiger partial charge in [0.2, 0.25) is 5.91 Å². The number of hydrogen-bond donors (Lipinski definition) is 1. The van der Waals surface area contributed by atoms with Crippen LogP contribution < -0.4 is 10.1 Å². The number of hydrogen-bond acceptors (Lipinski definition) is 7. The zero-order chi connectivity index (χ0) is 22.5. The van der Waals surface area contributed by atoms with Crippen molar-refractivity contribution in [3.8, 4) is 17.1 Å². The molecule has 1 aliphatic heterocycles. The molecule has 0 unspecified atom stereocenters. The molecule has 1 amide bonds. The Morgan fingerprint density at radius 2 is 2.22 bits per heavy atom. The highest BCUT2D eigenvalue weighted by atomic mass is 32.2. The zero-order valence-electron chi connectivity index (χ0n) is 17.3. The van der Waals surface area contributed by atoms with Gasteiger partial charge in [0.05, 0.1) is 35.8 Å². The predicted octanol–water partition coefficient (Wildman–Crippen LogP) is 3.19. The van der Waals surface area contributed by atoms with Crippen molar-refractivity contribution >= 4 is 23.4 Å². The van der Waals surface area contributed by atoms with E-state index in [1.54, 1.807) is 23.0 Å².